The second-order valence-corrected chi connectivity index (χ2v) is 6.74. The van der Waals surface area contributed by atoms with Gasteiger partial charge in [-0.3, -0.25) is 9.89 Å². The van der Waals surface area contributed by atoms with Gasteiger partial charge in [0.1, 0.15) is 0 Å². The zero-order chi connectivity index (χ0) is 19.9. The molecule has 0 saturated carbocycles. The first-order valence-corrected chi connectivity index (χ1v) is 9.28. The van der Waals surface area contributed by atoms with Gasteiger partial charge < -0.3 is 15.0 Å². The number of rotatable bonds is 6. The number of hydrogen-bond donors (Lipinski definition) is 1. The van der Waals surface area contributed by atoms with Gasteiger partial charge in [0.25, 0.3) is 0 Å². The maximum atomic E-state index is 12.7. The normalized spacial score (nSPS) is 17.0. The van der Waals surface area contributed by atoms with E-state index in [-0.39, 0.29) is 24.0 Å². The standard InChI is InChI=1S/C19H29F3N4O.HI/c1-4-23-18(24-13-15(2)26-9-11-27-12-10-26)25(3)14-16-5-7-17(8-6-16)19(20,21)22;/h5-8,15H,4,9-14H2,1-3H3,(H,23,24);1H. The zero-order valence-corrected chi connectivity index (χ0v) is 19.0. The minimum atomic E-state index is -4.31. The van der Waals surface area contributed by atoms with Gasteiger partial charge in [-0.2, -0.15) is 13.2 Å². The highest BCUT2D eigenvalue weighted by molar-refractivity contribution is 14.0. The molecular weight excluding hydrogens is 484 g/mol. The number of benzene rings is 1. The number of alkyl halides is 3. The first kappa shape index (κ1) is 25.0. The van der Waals surface area contributed by atoms with E-state index in [1.807, 2.05) is 18.9 Å². The minimum absolute atomic E-state index is 0. The van der Waals surface area contributed by atoms with Crippen molar-refractivity contribution < 1.29 is 17.9 Å². The number of ether oxygens (including phenoxy) is 1. The van der Waals surface area contributed by atoms with Crippen LogP contribution >= 0.6 is 24.0 Å². The van der Waals surface area contributed by atoms with Gasteiger partial charge in [0.2, 0.25) is 0 Å². The molecule has 0 bridgehead atoms. The summed E-state index contributed by atoms with van der Waals surface area (Å²) >= 11 is 0. The fourth-order valence-corrected chi connectivity index (χ4v) is 2.97. The summed E-state index contributed by atoms with van der Waals surface area (Å²) in [5.41, 5.74) is 0.172. The Balaban J connectivity index is 0.00000392. The monoisotopic (exact) mass is 514 g/mol. The molecule has 160 valence electrons. The Kier molecular flexibility index (Phi) is 10.5. The molecule has 0 spiro atoms. The van der Waals surface area contributed by atoms with Crippen LogP contribution < -0.4 is 5.32 Å². The lowest BCUT2D eigenvalue weighted by molar-refractivity contribution is -0.137. The lowest BCUT2D eigenvalue weighted by Gasteiger charge is -2.32. The average Bonchev–Trinajstić information content (AvgIpc) is 2.65. The lowest BCUT2D eigenvalue weighted by atomic mass is 10.1. The molecule has 1 aliphatic rings. The maximum absolute atomic E-state index is 12.7. The molecule has 28 heavy (non-hydrogen) atoms. The van der Waals surface area contributed by atoms with E-state index in [0.717, 1.165) is 56.5 Å². The smallest absolute Gasteiger partial charge is 0.379 e. The van der Waals surface area contributed by atoms with Crippen LogP contribution in [0.1, 0.15) is 25.0 Å². The summed E-state index contributed by atoms with van der Waals surface area (Å²) in [6.45, 7) is 9.33. The highest BCUT2D eigenvalue weighted by atomic mass is 127. The van der Waals surface area contributed by atoms with Crippen LogP contribution in [-0.4, -0.2) is 68.2 Å². The summed E-state index contributed by atoms with van der Waals surface area (Å²) in [7, 11) is 1.89. The zero-order valence-electron chi connectivity index (χ0n) is 16.6. The Morgan fingerprint density at radius 2 is 1.86 bits per heavy atom. The summed E-state index contributed by atoms with van der Waals surface area (Å²) in [4.78, 5) is 8.99. The SMILES string of the molecule is CCNC(=NCC(C)N1CCOCC1)N(C)Cc1ccc(C(F)(F)F)cc1.I. The summed E-state index contributed by atoms with van der Waals surface area (Å²) in [5, 5.41) is 3.25. The molecule has 0 radical (unpaired) electrons. The van der Waals surface area contributed by atoms with Crippen LogP contribution in [0, 0.1) is 0 Å². The van der Waals surface area contributed by atoms with Crippen molar-refractivity contribution in [1.82, 2.24) is 15.1 Å². The van der Waals surface area contributed by atoms with Crippen LogP contribution in [0.15, 0.2) is 29.3 Å². The molecule has 1 aromatic carbocycles. The van der Waals surface area contributed by atoms with Crippen molar-refractivity contribution in [3.63, 3.8) is 0 Å². The van der Waals surface area contributed by atoms with Gasteiger partial charge in [-0.25, -0.2) is 0 Å². The maximum Gasteiger partial charge on any atom is 0.416 e. The molecule has 1 N–H and O–H groups in total. The Morgan fingerprint density at radius 1 is 1.25 bits per heavy atom. The molecule has 1 aliphatic heterocycles. The summed E-state index contributed by atoms with van der Waals surface area (Å²) in [6.07, 6.45) is -4.31. The molecule has 5 nitrogen and oxygen atoms in total. The highest BCUT2D eigenvalue weighted by Gasteiger charge is 2.30. The average molecular weight is 514 g/mol. The van der Waals surface area contributed by atoms with E-state index in [9.17, 15) is 13.2 Å². The first-order valence-electron chi connectivity index (χ1n) is 9.28. The van der Waals surface area contributed by atoms with Gasteiger partial charge in [0.05, 0.1) is 25.3 Å². The number of nitrogens with one attached hydrogen (secondary N) is 1. The number of morpholine rings is 1. The predicted molar refractivity (Wildman–Crippen MR) is 116 cm³/mol. The number of guanidine groups is 1. The van der Waals surface area contributed by atoms with Gasteiger partial charge in [0, 0.05) is 39.3 Å². The van der Waals surface area contributed by atoms with Crippen LogP contribution in [0.3, 0.4) is 0 Å². The second-order valence-electron chi connectivity index (χ2n) is 6.74. The van der Waals surface area contributed by atoms with E-state index in [4.69, 9.17) is 9.73 Å². The van der Waals surface area contributed by atoms with Crippen molar-refractivity contribution >= 4 is 29.9 Å². The van der Waals surface area contributed by atoms with Crippen molar-refractivity contribution in [3.05, 3.63) is 35.4 Å². The third kappa shape index (κ3) is 7.75. The molecule has 0 aromatic heterocycles. The summed E-state index contributed by atoms with van der Waals surface area (Å²) in [5.74, 6) is 0.748. The predicted octanol–water partition coefficient (Wildman–Crippen LogP) is 3.44. The molecule has 2 rings (SSSR count). The molecule has 0 amide bonds. The number of halogens is 4. The van der Waals surface area contributed by atoms with Crippen molar-refractivity contribution in [2.75, 3.05) is 46.4 Å². The van der Waals surface area contributed by atoms with Gasteiger partial charge in [-0.05, 0) is 31.5 Å². The Morgan fingerprint density at radius 3 is 2.39 bits per heavy atom. The molecule has 1 saturated heterocycles. The second kappa shape index (κ2) is 11.8. The molecule has 0 aliphatic carbocycles. The third-order valence-electron chi connectivity index (χ3n) is 4.57. The van der Waals surface area contributed by atoms with E-state index >= 15 is 0 Å². The van der Waals surface area contributed by atoms with E-state index < -0.39 is 11.7 Å². The van der Waals surface area contributed by atoms with E-state index in [1.54, 1.807) is 0 Å². The fraction of sp³-hybridized carbons (Fsp3) is 0.632. The van der Waals surface area contributed by atoms with Crippen LogP contribution in [0.2, 0.25) is 0 Å². The van der Waals surface area contributed by atoms with Gasteiger partial charge >= 0.3 is 6.18 Å². The Bertz CT molecular complexity index is 604. The molecule has 1 aromatic rings. The lowest BCUT2D eigenvalue weighted by Crippen LogP contribution is -2.44. The summed E-state index contributed by atoms with van der Waals surface area (Å²) < 4.78 is 43.4. The minimum Gasteiger partial charge on any atom is -0.379 e. The van der Waals surface area contributed by atoms with Crippen molar-refractivity contribution in [1.29, 1.82) is 0 Å². The molecule has 1 heterocycles. The molecule has 1 fully saturated rings. The largest absolute Gasteiger partial charge is 0.416 e. The molecule has 1 unspecified atom stereocenters. The Labute approximate surface area is 182 Å². The molecule has 9 heteroatoms. The number of nitrogens with zero attached hydrogens (tertiary/aromatic N) is 3. The third-order valence-corrected chi connectivity index (χ3v) is 4.57. The molecular formula is C19H30F3IN4O. The number of aliphatic imine (C=N–C) groups is 1. The van der Waals surface area contributed by atoms with E-state index in [2.05, 4.69) is 17.1 Å². The van der Waals surface area contributed by atoms with Gasteiger partial charge in [-0.1, -0.05) is 12.1 Å². The van der Waals surface area contributed by atoms with Crippen molar-refractivity contribution in [2.24, 2.45) is 4.99 Å². The van der Waals surface area contributed by atoms with E-state index in [1.165, 1.54) is 12.1 Å². The van der Waals surface area contributed by atoms with E-state index in [0.29, 0.717) is 19.1 Å². The van der Waals surface area contributed by atoms with Gasteiger partial charge in [0.15, 0.2) is 5.96 Å². The van der Waals surface area contributed by atoms with Crippen LogP contribution in [0.5, 0.6) is 0 Å². The Hall–Kier alpha value is -1.07. The quantitative estimate of drug-likeness (QED) is 0.359. The fourth-order valence-electron chi connectivity index (χ4n) is 2.97. The van der Waals surface area contributed by atoms with Crippen molar-refractivity contribution in [2.45, 2.75) is 32.6 Å². The topological polar surface area (TPSA) is 40.1 Å². The highest BCUT2D eigenvalue weighted by Crippen LogP contribution is 2.29. The van der Waals surface area contributed by atoms with Crippen LogP contribution in [0.25, 0.3) is 0 Å². The molecule has 1 atom stereocenters. The van der Waals surface area contributed by atoms with Crippen LogP contribution in [0.4, 0.5) is 13.2 Å². The first-order chi connectivity index (χ1) is 12.8. The van der Waals surface area contributed by atoms with Gasteiger partial charge in [-0.15, -0.1) is 24.0 Å². The van der Waals surface area contributed by atoms with Crippen LogP contribution in [-0.2, 0) is 17.5 Å². The van der Waals surface area contributed by atoms with Crippen molar-refractivity contribution in [3.8, 4) is 0 Å². The summed E-state index contributed by atoms with van der Waals surface area (Å²) in [6, 6.07) is 5.57. The number of hydrogen-bond acceptors (Lipinski definition) is 3.